The highest BCUT2D eigenvalue weighted by Gasteiger charge is 2.25. The highest BCUT2D eigenvalue weighted by atomic mass is 16.5. The van der Waals surface area contributed by atoms with Crippen LogP contribution in [-0.2, 0) is 0 Å². The van der Waals surface area contributed by atoms with Crippen LogP contribution in [0.1, 0.15) is 11.6 Å². The molecule has 0 saturated carbocycles. The summed E-state index contributed by atoms with van der Waals surface area (Å²) in [5.74, 6) is 1.81. The molecule has 5 nitrogen and oxygen atoms in total. The summed E-state index contributed by atoms with van der Waals surface area (Å²) in [5, 5.41) is 0. The van der Waals surface area contributed by atoms with Gasteiger partial charge in [-0.2, -0.15) is 0 Å². The Bertz CT molecular complexity index is 667. The lowest BCUT2D eigenvalue weighted by Crippen LogP contribution is -2.49. The quantitative estimate of drug-likeness (QED) is 0.875. The smallest absolute Gasteiger partial charge is 0.142 e. The van der Waals surface area contributed by atoms with E-state index >= 15 is 0 Å². The van der Waals surface area contributed by atoms with E-state index in [1.165, 1.54) is 11.3 Å². The zero-order valence-corrected chi connectivity index (χ0v) is 15.0. The first kappa shape index (κ1) is 17.6. The maximum absolute atomic E-state index is 6.09. The number of ether oxygens (including phenoxy) is 2. The second kappa shape index (κ2) is 8.23. The second-order valence-electron chi connectivity index (χ2n) is 6.22. The van der Waals surface area contributed by atoms with Gasteiger partial charge in [0.25, 0.3) is 0 Å². The molecule has 0 unspecified atom stereocenters. The normalized spacial score (nSPS) is 16.5. The molecule has 0 aromatic heterocycles. The van der Waals surface area contributed by atoms with Gasteiger partial charge >= 0.3 is 0 Å². The van der Waals surface area contributed by atoms with Gasteiger partial charge in [-0.05, 0) is 29.8 Å². The Morgan fingerprint density at radius 1 is 0.920 bits per heavy atom. The third-order valence-corrected chi connectivity index (χ3v) is 4.90. The first-order chi connectivity index (χ1) is 12.3. The van der Waals surface area contributed by atoms with Gasteiger partial charge in [-0.1, -0.05) is 24.3 Å². The summed E-state index contributed by atoms with van der Waals surface area (Å²) in [6.45, 7) is 4.50. The molecular weight excluding hydrogens is 314 g/mol. The van der Waals surface area contributed by atoms with Crippen molar-refractivity contribution in [2.45, 2.75) is 6.04 Å². The lowest BCUT2D eigenvalue weighted by atomic mass is 10.0. The molecule has 0 aliphatic carbocycles. The molecule has 1 heterocycles. The lowest BCUT2D eigenvalue weighted by Gasteiger charge is -2.40. The van der Waals surface area contributed by atoms with Gasteiger partial charge in [-0.3, -0.25) is 4.90 Å². The average molecular weight is 341 g/mol. The van der Waals surface area contributed by atoms with Crippen molar-refractivity contribution in [3.63, 3.8) is 0 Å². The van der Waals surface area contributed by atoms with Crippen molar-refractivity contribution < 1.29 is 9.47 Å². The summed E-state index contributed by atoms with van der Waals surface area (Å²) in [6.07, 6.45) is 0. The number of hydrogen-bond acceptors (Lipinski definition) is 5. The Morgan fingerprint density at radius 2 is 1.60 bits per heavy atom. The van der Waals surface area contributed by atoms with Crippen LogP contribution in [0.2, 0.25) is 0 Å². The van der Waals surface area contributed by atoms with E-state index in [1.54, 1.807) is 14.2 Å². The maximum atomic E-state index is 6.09. The molecule has 3 rings (SSSR count). The summed E-state index contributed by atoms with van der Waals surface area (Å²) in [4.78, 5) is 4.85. The number of rotatable bonds is 6. The van der Waals surface area contributed by atoms with Gasteiger partial charge in [0.2, 0.25) is 0 Å². The molecule has 1 atom stereocenters. The minimum Gasteiger partial charge on any atom is -0.497 e. The number of methoxy groups -OCH3 is 2. The Hall–Kier alpha value is -2.24. The zero-order valence-electron chi connectivity index (χ0n) is 15.0. The minimum atomic E-state index is 0.241. The van der Waals surface area contributed by atoms with Crippen LogP contribution in [-0.4, -0.2) is 51.8 Å². The third kappa shape index (κ3) is 3.89. The van der Waals surface area contributed by atoms with Crippen molar-refractivity contribution in [2.75, 3.05) is 51.8 Å². The molecular formula is C20H27N3O2. The van der Waals surface area contributed by atoms with E-state index in [2.05, 4.69) is 34.1 Å². The number of nitrogens with zero attached hydrogens (tertiary/aromatic N) is 2. The first-order valence-electron chi connectivity index (χ1n) is 8.73. The van der Waals surface area contributed by atoms with Gasteiger partial charge in [-0.25, -0.2) is 0 Å². The second-order valence-corrected chi connectivity index (χ2v) is 6.22. The number of nitrogens with two attached hydrogens (primary N) is 1. The molecule has 2 aromatic rings. The molecule has 1 fully saturated rings. The Kier molecular flexibility index (Phi) is 5.79. The van der Waals surface area contributed by atoms with E-state index in [-0.39, 0.29) is 6.04 Å². The molecule has 25 heavy (non-hydrogen) atoms. The molecule has 0 spiro atoms. The molecule has 0 amide bonds. The van der Waals surface area contributed by atoms with Gasteiger partial charge in [0, 0.05) is 38.8 Å². The van der Waals surface area contributed by atoms with Gasteiger partial charge in [0.15, 0.2) is 0 Å². The minimum absolute atomic E-state index is 0.241. The number of piperazine rings is 1. The summed E-state index contributed by atoms with van der Waals surface area (Å²) >= 11 is 0. The molecule has 1 aliphatic rings. The van der Waals surface area contributed by atoms with Crippen LogP contribution >= 0.6 is 0 Å². The first-order valence-corrected chi connectivity index (χ1v) is 8.73. The summed E-state index contributed by atoms with van der Waals surface area (Å²) in [6, 6.07) is 16.7. The van der Waals surface area contributed by atoms with E-state index in [4.69, 9.17) is 15.2 Å². The van der Waals surface area contributed by atoms with Gasteiger partial charge in [0.05, 0.1) is 19.9 Å². The SMILES string of the molecule is COc1ccc([C@@H](CN)N2CCN(c3ccccc3OC)CC2)cc1. The largest absolute Gasteiger partial charge is 0.497 e. The van der Waals surface area contributed by atoms with Crippen molar-refractivity contribution in [3.8, 4) is 11.5 Å². The number of benzene rings is 2. The number of hydrogen-bond donors (Lipinski definition) is 1. The maximum Gasteiger partial charge on any atom is 0.142 e. The fourth-order valence-electron chi connectivity index (χ4n) is 3.49. The lowest BCUT2D eigenvalue weighted by molar-refractivity contribution is 0.190. The van der Waals surface area contributed by atoms with Crippen molar-refractivity contribution in [1.82, 2.24) is 4.90 Å². The van der Waals surface area contributed by atoms with E-state index in [0.717, 1.165) is 37.7 Å². The Labute approximate surface area is 149 Å². The average Bonchev–Trinajstić information content (AvgIpc) is 2.69. The van der Waals surface area contributed by atoms with Gasteiger partial charge in [-0.15, -0.1) is 0 Å². The highest BCUT2D eigenvalue weighted by Crippen LogP contribution is 2.30. The summed E-state index contributed by atoms with van der Waals surface area (Å²) < 4.78 is 10.7. The predicted octanol–water partition coefficient (Wildman–Crippen LogP) is 2.53. The standard InChI is InChI=1S/C20H27N3O2/c1-24-17-9-7-16(8-10-17)19(15-21)23-13-11-22(12-14-23)18-5-3-4-6-20(18)25-2/h3-10,19H,11-15,21H2,1-2H3/t19-/m1/s1. The fourth-order valence-corrected chi connectivity index (χ4v) is 3.49. The molecule has 2 aromatic carbocycles. The summed E-state index contributed by atoms with van der Waals surface area (Å²) in [7, 11) is 3.41. The third-order valence-electron chi connectivity index (χ3n) is 4.90. The fraction of sp³-hybridized carbons (Fsp3) is 0.400. The predicted molar refractivity (Wildman–Crippen MR) is 102 cm³/mol. The Morgan fingerprint density at radius 3 is 2.20 bits per heavy atom. The molecule has 5 heteroatoms. The zero-order chi connectivity index (χ0) is 17.6. The van der Waals surface area contributed by atoms with E-state index in [0.29, 0.717) is 6.54 Å². The van der Waals surface area contributed by atoms with Crippen LogP contribution < -0.4 is 20.1 Å². The van der Waals surface area contributed by atoms with Crippen LogP contribution in [0.15, 0.2) is 48.5 Å². The van der Waals surface area contributed by atoms with Crippen LogP contribution in [0.4, 0.5) is 5.69 Å². The molecule has 0 radical (unpaired) electrons. The van der Waals surface area contributed by atoms with Crippen LogP contribution in [0.5, 0.6) is 11.5 Å². The molecule has 1 saturated heterocycles. The van der Waals surface area contributed by atoms with E-state index in [9.17, 15) is 0 Å². The van der Waals surface area contributed by atoms with Gasteiger partial charge < -0.3 is 20.1 Å². The summed E-state index contributed by atoms with van der Waals surface area (Å²) in [5.41, 5.74) is 8.50. The number of para-hydroxylation sites is 2. The molecule has 134 valence electrons. The Balaban J connectivity index is 1.67. The van der Waals surface area contributed by atoms with Crippen molar-refractivity contribution in [1.29, 1.82) is 0 Å². The van der Waals surface area contributed by atoms with Crippen molar-refractivity contribution in [2.24, 2.45) is 5.73 Å². The molecule has 1 aliphatic heterocycles. The molecule has 0 bridgehead atoms. The van der Waals surface area contributed by atoms with Gasteiger partial charge in [0.1, 0.15) is 11.5 Å². The van der Waals surface area contributed by atoms with Crippen LogP contribution in [0, 0.1) is 0 Å². The topological polar surface area (TPSA) is 51.0 Å². The van der Waals surface area contributed by atoms with E-state index in [1.807, 2.05) is 24.3 Å². The van der Waals surface area contributed by atoms with Crippen LogP contribution in [0.3, 0.4) is 0 Å². The highest BCUT2D eigenvalue weighted by molar-refractivity contribution is 5.58. The van der Waals surface area contributed by atoms with Crippen LogP contribution in [0.25, 0.3) is 0 Å². The van der Waals surface area contributed by atoms with Crippen molar-refractivity contribution in [3.05, 3.63) is 54.1 Å². The molecule has 2 N–H and O–H groups in total. The van der Waals surface area contributed by atoms with E-state index < -0.39 is 0 Å². The number of anilines is 1. The monoisotopic (exact) mass is 341 g/mol. The van der Waals surface area contributed by atoms with Crippen molar-refractivity contribution >= 4 is 5.69 Å².